The number of carbonyl (C=O) groups is 1. The molecule has 1 atom stereocenters. The Morgan fingerprint density at radius 3 is 2.26 bits per heavy atom. The molecule has 2 aromatic rings. The third-order valence-electron chi connectivity index (χ3n) is 4.38. The first-order valence-corrected chi connectivity index (χ1v) is 8.34. The lowest BCUT2D eigenvalue weighted by Crippen LogP contribution is -2.19. The first-order valence-electron chi connectivity index (χ1n) is 8.34. The van der Waals surface area contributed by atoms with Gasteiger partial charge in [-0.3, -0.25) is 4.79 Å². The summed E-state index contributed by atoms with van der Waals surface area (Å²) in [6, 6.07) is 14.4. The number of hydrogen-bond acceptors (Lipinski definition) is 1. The molecule has 0 aliphatic rings. The van der Waals surface area contributed by atoms with Crippen LogP contribution in [0.2, 0.25) is 0 Å². The van der Waals surface area contributed by atoms with Crippen LogP contribution in [0, 0.1) is 19.8 Å². The Morgan fingerprint density at radius 1 is 1.00 bits per heavy atom. The van der Waals surface area contributed by atoms with E-state index in [1.54, 1.807) is 0 Å². The van der Waals surface area contributed by atoms with E-state index in [4.69, 9.17) is 0 Å². The minimum atomic E-state index is -0.164. The Morgan fingerprint density at radius 2 is 1.65 bits per heavy atom. The maximum atomic E-state index is 12.5. The van der Waals surface area contributed by atoms with Gasteiger partial charge in [0.1, 0.15) is 0 Å². The van der Waals surface area contributed by atoms with Gasteiger partial charge >= 0.3 is 0 Å². The van der Waals surface area contributed by atoms with E-state index in [9.17, 15) is 4.79 Å². The van der Waals surface area contributed by atoms with Crippen LogP contribution in [-0.2, 0) is 11.2 Å². The molecule has 1 N–H and O–H groups in total. The Bertz CT molecular complexity index is 671. The van der Waals surface area contributed by atoms with Crippen molar-refractivity contribution in [2.75, 3.05) is 5.32 Å². The summed E-state index contributed by atoms with van der Waals surface area (Å²) < 4.78 is 0. The summed E-state index contributed by atoms with van der Waals surface area (Å²) in [7, 11) is 0. The van der Waals surface area contributed by atoms with Gasteiger partial charge in [-0.25, -0.2) is 0 Å². The maximum Gasteiger partial charge on any atom is 0.231 e. The van der Waals surface area contributed by atoms with Crippen molar-refractivity contribution in [2.24, 2.45) is 5.92 Å². The van der Waals surface area contributed by atoms with Gasteiger partial charge in [0.05, 0.1) is 5.92 Å². The van der Waals surface area contributed by atoms with Crippen molar-refractivity contribution >= 4 is 11.6 Å². The van der Waals surface area contributed by atoms with Crippen LogP contribution in [-0.4, -0.2) is 5.91 Å². The van der Waals surface area contributed by atoms with Crippen LogP contribution in [0.15, 0.2) is 42.5 Å². The van der Waals surface area contributed by atoms with Crippen molar-refractivity contribution in [2.45, 2.75) is 47.0 Å². The summed E-state index contributed by atoms with van der Waals surface area (Å²) in [6.45, 7) is 10.5. The molecule has 2 heteroatoms. The average molecular weight is 309 g/mol. The summed E-state index contributed by atoms with van der Waals surface area (Å²) in [5, 5.41) is 3.06. The van der Waals surface area contributed by atoms with E-state index in [0.717, 1.165) is 23.2 Å². The zero-order valence-corrected chi connectivity index (χ0v) is 14.8. The molecule has 0 saturated carbocycles. The van der Waals surface area contributed by atoms with Crippen LogP contribution >= 0.6 is 0 Å². The highest BCUT2D eigenvalue weighted by Gasteiger charge is 2.16. The maximum absolute atomic E-state index is 12.5. The third kappa shape index (κ3) is 4.44. The summed E-state index contributed by atoms with van der Waals surface area (Å²) >= 11 is 0. The molecule has 0 fully saturated rings. The number of rotatable bonds is 5. The van der Waals surface area contributed by atoms with Crippen molar-refractivity contribution < 1.29 is 4.79 Å². The van der Waals surface area contributed by atoms with Crippen molar-refractivity contribution in [3.05, 3.63) is 64.7 Å². The Labute approximate surface area is 139 Å². The molecule has 0 heterocycles. The Balaban J connectivity index is 2.08. The number of benzene rings is 2. The van der Waals surface area contributed by atoms with Gasteiger partial charge in [-0.15, -0.1) is 0 Å². The van der Waals surface area contributed by atoms with Crippen LogP contribution in [0.4, 0.5) is 5.69 Å². The minimum Gasteiger partial charge on any atom is -0.325 e. The predicted octanol–water partition coefficient (Wildman–Crippen LogP) is 5.24. The van der Waals surface area contributed by atoms with Gasteiger partial charge < -0.3 is 5.32 Å². The third-order valence-corrected chi connectivity index (χ3v) is 4.38. The molecule has 2 rings (SSSR count). The normalized spacial score (nSPS) is 12.3. The fourth-order valence-electron chi connectivity index (χ4n) is 2.69. The molecule has 1 amide bonds. The van der Waals surface area contributed by atoms with Crippen LogP contribution in [0.25, 0.3) is 0 Å². The molecule has 0 bridgehead atoms. The largest absolute Gasteiger partial charge is 0.325 e. The molecular formula is C21H27NO. The van der Waals surface area contributed by atoms with Gasteiger partial charge in [0.25, 0.3) is 0 Å². The van der Waals surface area contributed by atoms with Gasteiger partial charge in [0, 0.05) is 5.69 Å². The predicted molar refractivity (Wildman–Crippen MR) is 97.9 cm³/mol. The summed E-state index contributed by atoms with van der Waals surface area (Å²) in [5.41, 5.74) is 5.60. The number of anilines is 1. The SMILES string of the molecule is Cc1cccc(NC(=O)[C@H](C)c2ccc(CC(C)C)cc2)c1C. The van der Waals surface area contributed by atoms with E-state index >= 15 is 0 Å². The summed E-state index contributed by atoms with van der Waals surface area (Å²) in [5.74, 6) is 0.518. The lowest BCUT2D eigenvalue weighted by Gasteiger charge is -2.15. The lowest BCUT2D eigenvalue weighted by atomic mass is 9.96. The van der Waals surface area contributed by atoms with Crippen LogP contribution in [0.1, 0.15) is 48.9 Å². The fourth-order valence-corrected chi connectivity index (χ4v) is 2.69. The minimum absolute atomic E-state index is 0.0373. The summed E-state index contributed by atoms with van der Waals surface area (Å²) in [6.07, 6.45) is 1.07. The van der Waals surface area contributed by atoms with E-state index in [0.29, 0.717) is 5.92 Å². The molecule has 2 nitrogen and oxygen atoms in total. The van der Waals surface area contributed by atoms with Crippen molar-refractivity contribution in [1.82, 2.24) is 0 Å². The van der Waals surface area contributed by atoms with E-state index in [-0.39, 0.29) is 11.8 Å². The number of aryl methyl sites for hydroxylation is 1. The van der Waals surface area contributed by atoms with Gasteiger partial charge in [-0.2, -0.15) is 0 Å². The second kappa shape index (κ2) is 7.45. The Kier molecular flexibility index (Phi) is 5.59. The highest BCUT2D eigenvalue weighted by Crippen LogP contribution is 2.22. The molecule has 2 aromatic carbocycles. The quantitative estimate of drug-likeness (QED) is 0.803. The molecule has 122 valence electrons. The van der Waals surface area contributed by atoms with E-state index in [2.05, 4.69) is 56.4 Å². The molecule has 0 aromatic heterocycles. The van der Waals surface area contributed by atoms with Gasteiger partial charge in [-0.1, -0.05) is 50.2 Å². The first-order chi connectivity index (χ1) is 10.9. The van der Waals surface area contributed by atoms with Gasteiger partial charge in [0.2, 0.25) is 5.91 Å². The second-order valence-corrected chi connectivity index (χ2v) is 6.80. The smallest absolute Gasteiger partial charge is 0.231 e. The fraction of sp³-hybridized carbons (Fsp3) is 0.381. The van der Waals surface area contributed by atoms with E-state index < -0.39 is 0 Å². The topological polar surface area (TPSA) is 29.1 Å². The molecule has 0 saturated heterocycles. The second-order valence-electron chi connectivity index (χ2n) is 6.80. The standard InChI is InChI=1S/C21H27NO/c1-14(2)13-18-9-11-19(12-10-18)17(5)21(23)22-20-8-6-7-15(3)16(20)4/h6-12,14,17H,13H2,1-5H3,(H,22,23)/t17-/m1/s1. The number of amides is 1. The zero-order valence-electron chi connectivity index (χ0n) is 14.8. The van der Waals surface area contributed by atoms with Gasteiger partial charge in [0.15, 0.2) is 0 Å². The molecular weight excluding hydrogens is 282 g/mol. The van der Waals surface area contributed by atoms with Gasteiger partial charge in [-0.05, 0) is 61.4 Å². The van der Waals surface area contributed by atoms with Crippen molar-refractivity contribution in [3.8, 4) is 0 Å². The summed E-state index contributed by atoms with van der Waals surface area (Å²) in [4.78, 5) is 12.5. The molecule has 0 spiro atoms. The van der Waals surface area contributed by atoms with Crippen LogP contribution in [0.5, 0.6) is 0 Å². The molecule has 0 aliphatic carbocycles. The highest BCUT2D eigenvalue weighted by atomic mass is 16.1. The molecule has 0 radical (unpaired) electrons. The number of hydrogen-bond donors (Lipinski definition) is 1. The van der Waals surface area contributed by atoms with Crippen LogP contribution < -0.4 is 5.32 Å². The van der Waals surface area contributed by atoms with E-state index in [1.165, 1.54) is 11.1 Å². The first kappa shape index (κ1) is 17.3. The van der Waals surface area contributed by atoms with Crippen LogP contribution in [0.3, 0.4) is 0 Å². The highest BCUT2D eigenvalue weighted by molar-refractivity contribution is 5.96. The van der Waals surface area contributed by atoms with E-state index in [1.807, 2.05) is 26.0 Å². The Hall–Kier alpha value is -2.09. The monoisotopic (exact) mass is 309 g/mol. The van der Waals surface area contributed by atoms with Crippen molar-refractivity contribution in [3.63, 3.8) is 0 Å². The van der Waals surface area contributed by atoms with Crippen molar-refractivity contribution in [1.29, 1.82) is 0 Å². The molecule has 0 aliphatic heterocycles. The average Bonchev–Trinajstić information content (AvgIpc) is 2.51. The zero-order chi connectivity index (χ0) is 17.0. The molecule has 23 heavy (non-hydrogen) atoms. The molecule has 0 unspecified atom stereocenters. The number of carbonyl (C=O) groups excluding carboxylic acids is 1. The lowest BCUT2D eigenvalue weighted by molar-refractivity contribution is -0.117. The number of nitrogens with one attached hydrogen (secondary N) is 1.